The summed E-state index contributed by atoms with van der Waals surface area (Å²) in [7, 11) is 0. The van der Waals surface area contributed by atoms with Gasteiger partial charge in [-0.25, -0.2) is 9.07 Å². The highest BCUT2D eigenvalue weighted by molar-refractivity contribution is 6.33. The fourth-order valence-corrected chi connectivity index (χ4v) is 3.35. The molecule has 0 aliphatic carbocycles. The molecule has 1 heterocycles. The van der Waals surface area contributed by atoms with Gasteiger partial charge in [-0.05, 0) is 57.2 Å². The first kappa shape index (κ1) is 19.5. The number of nitrogens with one attached hydrogen (secondary N) is 1. The van der Waals surface area contributed by atoms with Gasteiger partial charge in [-0.15, -0.1) is 0 Å². The molecule has 1 aromatic heterocycles. The summed E-state index contributed by atoms with van der Waals surface area (Å²) in [4.78, 5) is 25.4. The lowest BCUT2D eigenvalue weighted by Gasteiger charge is -2.24. The van der Waals surface area contributed by atoms with Crippen molar-refractivity contribution in [2.75, 3.05) is 5.32 Å². The molecule has 0 unspecified atom stereocenters. The van der Waals surface area contributed by atoms with Crippen molar-refractivity contribution in [1.82, 2.24) is 9.36 Å². The zero-order chi connectivity index (χ0) is 19.9. The number of aromatic nitrogens is 2. The number of carbonyl (C=O) groups is 1. The number of rotatable bonds is 3. The molecule has 0 fully saturated rings. The van der Waals surface area contributed by atoms with Gasteiger partial charge >= 0.3 is 0 Å². The summed E-state index contributed by atoms with van der Waals surface area (Å²) in [5.41, 5.74) is 0.0860. The Hall–Kier alpha value is -2.31. The van der Waals surface area contributed by atoms with E-state index in [1.54, 1.807) is 22.9 Å². The lowest BCUT2D eigenvalue weighted by molar-refractivity contribution is -0.117. The van der Waals surface area contributed by atoms with Gasteiger partial charge in [-0.2, -0.15) is 0 Å². The van der Waals surface area contributed by atoms with E-state index in [1.165, 1.54) is 16.8 Å². The number of benzene rings is 2. The Morgan fingerprint density at radius 2 is 1.85 bits per heavy atom. The molecule has 0 aliphatic heterocycles. The van der Waals surface area contributed by atoms with E-state index in [-0.39, 0.29) is 17.1 Å². The van der Waals surface area contributed by atoms with Crippen LogP contribution in [0.4, 0.5) is 10.1 Å². The third kappa shape index (κ3) is 3.87. The van der Waals surface area contributed by atoms with Gasteiger partial charge in [0, 0.05) is 5.02 Å². The van der Waals surface area contributed by atoms with Crippen molar-refractivity contribution >= 4 is 45.7 Å². The van der Waals surface area contributed by atoms with E-state index < -0.39 is 17.3 Å². The summed E-state index contributed by atoms with van der Waals surface area (Å²) in [5.74, 6) is -0.899. The summed E-state index contributed by atoms with van der Waals surface area (Å²) < 4.78 is 16.3. The Morgan fingerprint density at radius 3 is 2.48 bits per heavy atom. The van der Waals surface area contributed by atoms with E-state index >= 15 is 0 Å². The van der Waals surface area contributed by atoms with Gasteiger partial charge in [0.25, 0.3) is 5.56 Å². The topological polar surface area (TPSA) is 56.0 Å². The minimum absolute atomic E-state index is 0.0944. The molecule has 0 spiro atoms. The molecule has 0 aliphatic rings. The first-order valence-electron chi connectivity index (χ1n) is 8.24. The quantitative estimate of drug-likeness (QED) is 0.684. The van der Waals surface area contributed by atoms with Crippen LogP contribution in [0.25, 0.3) is 10.9 Å². The van der Waals surface area contributed by atoms with E-state index in [2.05, 4.69) is 5.32 Å². The van der Waals surface area contributed by atoms with Crippen molar-refractivity contribution in [1.29, 1.82) is 0 Å². The average Bonchev–Trinajstić information content (AvgIpc) is 2.81. The highest BCUT2D eigenvalue weighted by Gasteiger charge is 2.24. The van der Waals surface area contributed by atoms with Gasteiger partial charge in [0.05, 0.1) is 27.2 Å². The van der Waals surface area contributed by atoms with Crippen LogP contribution < -0.4 is 10.9 Å². The molecule has 5 nitrogen and oxygen atoms in total. The van der Waals surface area contributed by atoms with Crippen LogP contribution in [0.5, 0.6) is 0 Å². The van der Waals surface area contributed by atoms with Gasteiger partial charge in [0.2, 0.25) is 5.91 Å². The first-order valence-corrected chi connectivity index (χ1v) is 9.00. The molecule has 27 heavy (non-hydrogen) atoms. The maximum atomic E-state index is 13.2. The van der Waals surface area contributed by atoms with Crippen LogP contribution in [0.3, 0.4) is 0 Å². The van der Waals surface area contributed by atoms with Gasteiger partial charge in [-0.1, -0.05) is 23.2 Å². The van der Waals surface area contributed by atoms with Gasteiger partial charge < -0.3 is 5.32 Å². The predicted octanol–water partition coefficient (Wildman–Crippen LogP) is 4.64. The van der Waals surface area contributed by atoms with E-state index in [4.69, 9.17) is 23.2 Å². The average molecular weight is 410 g/mol. The van der Waals surface area contributed by atoms with Crippen LogP contribution >= 0.6 is 23.2 Å². The minimum Gasteiger partial charge on any atom is -0.323 e. The summed E-state index contributed by atoms with van der Waals surface area (Å²) in [6.45, 7) is 5.49. The Kier molecular flexibility index (Phi) is 5.06. The van der Waals surface area contributed by atoms with E-state index in [0.717, 1.165) is 6.07 Å². The maximum Gasteiger partial charge on any atom is 0.275 e. The molecule has 0 saturated heterocycles. The van der Waals surface area contributed by atoms with E-state index in [9.17, 15) is 14.0 Å². The molecule has 1 amide bonds. The smallest absolute Gasteiger partial charge is 0.275 e. The molecule has 3 rings (SSSR count). The van der Waals surface area contributed by atoms with Gasteiger partial charge in [-0.3, -0.25) is 14.3 Å². The second-order valence-electron chi connectivity index (χ2n) is 7.18. The second-order valence-corrected chi connectivity index (χ2v) is 8.02. The van der Waals surface area contributed by atoms with Gasteiger partial charge in [0.1, 0.15) is 12.4 Å². The highest BCUT2D eigenvalue weighted by Crippen LogP contribution is 2.24. The molecule has 0 saturated carbocycles. The zero-order valence-electron chi connectivity index (χ0n) is 15.0. The van der Waals surface area contributed by atoms with Crippen LogP contribution in [-0.4, -0.2) is 15.3 Å². The van der Waals surface area contributed by atoms with E-state index in [1.807, 2.05) is 20.8 Å². The van der Waals surface area contributed by atoms with Crippen LogP contribution in [-0.2, 0) is 16.9 Å². The number of fused-ring (bicyclic) bond motifs is 1. The SMILES string of the molecule is CC(C)(C)n1c(=O)c2ccc(Cl)cc2n1CC(=O)Nc1ccc(F)cc1Cl. The van der Waals surface area contributed by atoms with Crippen molar-refractivity contribution in [3.05, 3.63) is 62.6 Å². The van der Waals surface area contributed by atoms with Gasteiger partial charge in [0.15, 0.2) is 0 Å². The van der Waals surface area contributed by atoms with Crippen LogP contribution in [0.2, 0.25) is 10.0 Å². The molecule has 0 atom stereocenters. The molecular weight excluding hydrogens is 392 g/mol. The Labute approximate surface area is 165 Å². The number of nitrogens with zero attached hydrogens (tertiary/aromatic N) is 2. The molecule has 2 aromatic carbocycles. The third-order valence-corrected chi connectivity index (χ3v) is 4.58. The highest BCUT2D eigenvalue weighted by atomic mass is 35.5. The van der Waals surface area contributed by atoms with Crippen molar-refractivity contribution in [2.45, 2.75) is 32.9 Å². The summed E-state index contributed by atoms with van der Waals surface area (Å²) >= 11 is 12.1. The Bertz CT molecular complexity index is 1100. The summed E-state index contributed by atoms with van der Waals surface area (Å²) in [6, 6.07) is 8.65. The normalized spacial score (nSPS) is 11.8. The predicted molar refractivity (Wildman–Crippen MR) is 106 cm³/mol. The number of carbonyl (C=O) groups excluding carboxylic acids is 1. The fourth-order valence-electron chi connectivity index (χ4n) is 2.97. The monoisotopic (exact) mass is 409 g/mol. The summed E-state index contributed by atoms with van der Waals surface area (Å²) in [5, 5.41) is 3.68. The Morgan fingerprint density at radius 1 is 1.15 bits per heavy atom. The minimum atomic E-state index is -0.559. The molecular formula is C19H18Cl2FN3O2. The number of hydrogen-bond donors (Lipinski definition) is 1. The molecule has 8 heteroatoms. The maximum absolute atomic E-state index is 13.2. The van der Waals surface area contributed by atoms with Crippen LogP contribution in [0.15, 0.2) is 41.2 Å². The second kappa shape index (κ2) is 7.02. The standard InChI is InChI=1S/C19H18Cl2FN3O2/c1-19(2,3)25-18(27)13-6-4-11(20)8-16(13)24(25)10-17(26)23-15-7-5-12(22)9-14(15)21/h4-9H,10H2,1-3H3,(H,23,26). The fraction of sp³-hybridized carbons (Fsp3) is 0.263. The number of anilines is 1. The van der Waals surface area contributed by atoms with E-state index in [0.29, 0.717) is 21.6 Å². The summed E-state index contributed by atoms with van der Waals surface area (Å²) in [6.07, 6.45) is 0. The molecule has 0 bridgehead atoms. The molecule has 142 valence electrons. The lowest BCUT2D eigenvalue weighted by Crippen LogP contribution is -2.38. The van der Waals surface area contributed by atoms with Crippen LogP contribution in [0, 0.1) is 5.82 Å². The van der Waals surface area contributed by atoms with Crippen LogP contribution in [0.1, 0.15) is 20.8 Å². The van der Waals surface area contributed by atoms with Crippen molar-refractivity contribution < 1.29 is 9.18 Å². The Balaban J connectivity index is 2.04. The number of hydrogen-bond acceptors (Lipinski definition) is 2. The lowest BCUT2D eigenvalue weighted by atomic mass is 10.1. The largest absolute Gasteiger partial charge is 0.323 e. The molecule has 1 N–H and O–H groups in total. The first-order chi connectivity index (χ1) is 12.6. The number of halogens is 3. The third-order valence-electron chi connectivity index (χ3n) is 4.04. The van der Waals surface area contributed by atoms with Crippen molar-refractivity contribution in [2.24, 2.45) is 0 Å². The van der Waals surface area contributed by atoms with Crippen molar-refractivity contribution in [3.8, 4) is 0 Å². The zero-order valence-corrected chi connectivity index (χ0v) is 16.5. The molecule has 0 radical (unpaired) electrons. The number of amides is 1. The molecule has 3 aromatic rings. The van der Waals surface area contributed by atoms with Crippen molar-refractivity contribution in [3.63, 3.8) is 0 Å².